The lowest BCUT2D eigenvalue weighted by molar-refractivity contribution is 0.196. The smallest absolute Gasteiger partial charge is 0.0783 e. The van der Waals surface area contributed by atoms with Gasteiger partial charge in [0.1, 0.15) is 0 Å². The van der Waals surface area contributed by atoms with Gasteiger partial charge in [0.25, 0.3) is 0 Å². The van der Waals surface area contributed by atoms with Crippen LogP contribution in [0, 0.1) is 11.3 Å². The van der Waals surface area contributed by atoms with Gasteiger partial charge in [0.2, 0.25) is 0 Å². The maximum atomic E-state index is 3.97. The third-order valence-corrected chi connectivity index (χ3v) is 8.87. The molecule has 4 aromatic rings. The Morgan fingerprint density at radius 3 is 2.33 bits per heavy atom. The van der Waals surface area contributed by atoms with Crippen molar-refractivity contribution in [3.8, 4) is 0 Å². The Hall–Kier alpha value is -2.82. The lowest BCUT2D eigenvalue weighted by atomic mass is 9.62. The normalized spacial score (nSPS) is 22.7. The summed E-state index contributed by atoms with van der Waals surface area (Å²) in [7, 11) is 4.13. The number of aromatic nitrogens is 2. The number of nitrogens with zero attached hydrogens (tertiary/aromatic N) is 1. The van der Waals surface area contributed by atoms with Gasteiger partial charge in [-0.2, -0.15) is 0 Å². The Morgan fingerprint density at radius 2 is 1.58 bits per heavy atom. The highest BCUT2D eigenvalue weighted by Gasteiger charge is 2.52. The predicted octanol–water partition coefficient (Wildman–Crippen LogP) is 6.33. The topological polar surface area (TPSA) is 44.8 Å². The highest BCUT2D eigenvalue weighted by atomic mass is 15.1. The van der Waals surface area contributed by atoms with Crippen LogP contribution in [0.5, 0.6) is 0 Å². The molecule has 0 fully saturated rings. The first-order valence-corrected chi connectivity index (χ1v) is 13.6. The molecule has 188 valence electrons. The van der Waals surface area contributed by atoms with Gasteiger partial charge >= 0.3 is 0 Å². The Labute approximate surface area is 215 Å². The number of likely N-dealkylation sites (N-methyl/N-ethyl adjacent to an activating group) is 2. The van der Waals surface area contributed by atoms with Crippen molar-refractivity contribution in [3.05, 3.63) is 82.7 Å². The minimum Gasteiger partial charge on any atom is -0.356 e. The van der Waals surface area contributed by atoms with Crippen LogP contribution in [0.3, 0.4) is 0 Å². The summed E-state index contributed by atoms with van der Waals surface area (Å²) in [4.78, 5) is 3.97. The quantitative estimate of drug-likeness (QED) is 0.271. The van der Waals surface area contributed by atoms with E-state index in [0.29, 0.717) is 11.8 Å². The molecule has 0 unspecified atom stereocenters. The third-order valence-electron chi connectivity index (χ3n) is 8.87. The van der Waals surface area contributed by atoms with Gasteiger partial charge in [-0.1, -0.05) is 61.9 Å². The van der Waals surface area contributed by atoms with Crippen molar-refractivity contribution in [2.75, 3.05) is 27.2 Å². The first-order valence-electron chi connectivity index (χ1n) is 13.6. The van der Waals surface area contributed by atoms with Crippen molar-refractivity contribution in [2.24, 2.45) is 11.3 Å². The number of benzene rings is 2. The molecule has 4 heteroatoms. The van der Waals surface area contributed by atoms with Gasteiger partial charge in [-0.3, -0.25) is 0 Å². The number of hydrogen-bond donors (Lipinski definition) is 3. The molecule has 0 radical (unpaired) electrons. The van der Waals surface area contributed by atoms with E-state index in [1.807, 2.05) is 0 Å². The molecule has 2 aliphatic rings. The Balaban J connectivity index is 1.67. The summed E-state index contributed by atoms with van der Waals surface area (Å²) in [6.07, 6.45) is 5.82. The van der Waals surface area contributed by atoms with Crippen LogP contribution >= 0.6 is 0 Å². The summed E-state index contributed by atoms with van der Waals surface area (Å²) in [5.74, 6) is 1.04. The maximum Gasteiger partial charge on any atom is 0.0783 e. The second-order valence-corrected chi connectivity index (χ2v) is 11.6. The zero-order valence-corrected chi connectivity index (χ0v) is 22.4. The van der Waals surface area contributed by atoms with Crippen LogP contribution in [-0.4, -0.2) is 36.7 Å². The maximum absolute atomic E-state index is 3.97. The molecular formula is C32H40N4. The molecule has 0 amide bonds. The second kappa shape index (κ2) is 8.93. The van der Waals surface area contributed by atoms with E-state index in [9.17, 15) is 0 Å². The zero-order chi connectivity index (χ0) is 25.0. The Kier molecular flexibility index (Phi) is 5.85. The molecular weight excluding hydrogens is 440 g/mol. The molecule has 3 heterocycles. The minimum atomic E-state index is 0.107. The lowest BCUT2D eigenvalue weighted by Gasteiger charge is -2.41. The molecule has 0 saturated carbocycles. The molecule has 2 aromatic carbocycles. The molecule has 1 aliphatic carbocycles. The Morgan fingerprint density at radius 1 is 0.917 bits per heavy atom. The summed E-state index contributed by atoms with van der Waals surface area (Å²) in [5, 5.41) is 9.63. The lowest BCUT2D eigenvalue weighted by Crippen LogP contribution is -2.34. The number of fused-ring (bicyclic) bond motifs is 6. The number of nitrogens with one attached hydrogen (secondary N) is 3. The third kappa shape index (κ3) is 3.49. The molecule has 1 aliphatic heterocycles. The number of aromatic amines is 1. The van der Waals surface area contributed by atoms with E-state index in [4.69, 9.17) is 0 Å². The fraction of sp³-hybridized carbons (Fsp3) is 0.438. The van der Waals surface area contributed by atoms with Gasteiger partial charge in [0.05, 0.1) is 6.04 Å². The number of hydrogen-bond acceptors (Lipinski definition) is 2. The molecule has 0 saturated heterocycles. The van der Waals surface area contributed by atoms with Gasteiger partial charge < -0.3 is 20.2 Å². The monoisotopic (exact) mass is 480 g/mol. The number of rotatable bonds is 7. The van der Waals surface area contributed by atoms with Crippen LogP contribution in [-0.2, 0) is 12.8 Å². The first kappa shape index (κ1) is 23.6. The average Bonchev–Trinajstić information content (AvgIpc) is 3.49. The molecule has 36 heavy (non-hydrogen) atoms. The van der Waals surface area contributed by atoms with Crippen LogP contribution in [0.15, 0.2) is 60.2 Å². The molecule has 2 aromatic heterocycles. The predicted molar refractivity (Wildman–Crippen MR) is 152 cm³/mol. The molecule has 6 rings (SSSR count). The number of allylic oxidation sites excluding steroid dienone is 2. The second-order valence-electron chi connectivity index (χ2n) is 11.6. The van der Waals surface area contributed by atoms with Crippen molar-refractivity contribution in [3.63, 3.8) is 0 Å². The van der Waals surface area contributed by atoms with E-state index in [1.165, 1.54) is 38.6 Å². The van der Waals surface area contributed by atoms with E-state index in [-0.39, 0.29) is 11.5 Å². The Bertz CT molecular complexity index is 1450. The van der Waals surface area contributed by atoms with Crippen molar-refractivity contribution in [1.82, 2.24) is 20.2 Å². The fourth-order valence-corrected chi connectivity index (χ4v) is 7.71. The fourth-order valence-electron chi connectivity index (χ4n) is 7.71. The number of para-hydroxylation sites is 2. The van der Waals surface area contributed by atoms with Gasteiger partial charge in [-0.05, 0) is 82.0 Å². The standard InChI is InChI=1S/C32H40N4/c1-20-18-25-28(32(2,3)19-20)31(29-23(14-16-33-4)21-10-6-8-12-26(21)35-29)36-27-13-9-7-11-22(27)24(30(25)36)15-17-34-5/h6-13,19,25,28,31,33-35H,14-18H2,1-5H3/t25-,28+,31+/m0/s1. The van der Waals surface area contributed by atoms with Gasteiger partial charge in [0, 0.05) is 45.0 Å². The summed E-state index contributed by atoms with van der Waals surface area (Å²) in [6.45, 7) is 9.26. The highest BCUT2D eigenvalue weighted by molar-refractivity contribution is 5.88. The van der Waals surface area contributed by atoms with Crippen molar-refractivity contribution in [1.29, 1.82) is 0 Å². The van der Waals surface area contributed by atoms with Gasteiger partial charge in [-0.25, -0.2) is 0 Å². The molecule has 3 atom stereocenters. The van der Waals surface area contributed by atoms with Crippen LogP contribution in [0.25, 0.3) is 21.8 Å². The van der Waals surface area contributed by atoms with Crippen LogP contribution in [0.4, 0.5) is 0 Å². The highest BCUT2D eigenvalue weighted by Crippen LogP contribution is 2.61. The molecule has 3 N–H and O–H groups in total. The average molecular weight is 481 g/mol. The molecule has 0 bridgehead atoms. The van der Waals surface area contributed by atoms with Crippen LogP contribution in [0.2, 0.25) is 0 Å². The first-order chi connectivity index (χ1) is 17.5. The van der Waals surface area contributed by atoms with Crippen molar-refractivity contribution >= 4 is 21.8 Å². The summed E-state index contributed by atoms with van der Waals surface area (Å²) in [6, 6.07) is 18.3. The van der Waals surface area contributed by atoms with E-state index >= 15 is 0 Å². The molecule has 0 spiro atoms. The van der Waals surface area contributed by atoms with E-state index in [2.05, 4.69) is 110 Å². The number of H-pyrrole nitrogens is 1. The summed E-state index contributed by atoms with van der Waals surface area (Å²) < 4.78 is 2.76. The van der Waals surface area contributed by atoms with Crippen LogP contribution in [0.1, 0.15) is 61.7 Å². The largest absolute Gasteiger partial charge is 0.356 e. The minimum absolute atomic E-state index is 0.107. The van der Waals surface area contributed by atoms with E-state index in [1.54, 1.807) is 11.3 Å². The van der Waals surface area contributed by atoms with Gasteiger partial charge in [-0.15, -0.1) is 0 Å². The van der Waals surface area contributed by atoms with Crippen molar-refractivity contribution in [2.45, 2.75) is 52.0 Å². The van der Waals surface area contributed by atoms with E-state index in [0.717, 1.165) is 32.4 Å². The van der Waals surface area contributed by atoms with Crippen LogP contribution < -0.4 is 10.6 Å². The summed E-state index contributed by atoms with van der Waals surface area (Å²) >= 11 is 0. The van der Waals surface area contributed by atoms with Gasteiger partial charge in [0.15, 0.2) is 0 Å². The SMILES string of the molecule is CNCCc1c([C@H]2[C@H]3[C@H](CC(C)=CC3(C)C)c3c(CCNC)c4ccccc4n32)[nH]c2ccccc12. The van der Waals surface area contributed by atoms with Crippen molar-refractivity contribution < 1.29 is 0 Å². The molecule has 4 nitrogen and oxygen atoms in total. The summed E-state index contributed by atoms with van der Waals surface area (Å²) in [5.41, 5.74) is 10.3. The van der Waals surface area contributed by atoms with E-state index < -0.39 is 0 Å². The zero-order valence-electron chi connectivity index (χ0n) is 22.4.